The lowest BCUT2D eigenvalue weighted by Gasteiger charge is -2.34. The second kappa shape index (κ2) is 8.11. The van der Waals surface area contributed by atoms with Gasteiger partial charge in [0.05, 0.1) is 6.20 Å². The standard InChI is InChI=1S/C17H21ClN6O/c1-13(25)23-8-10-24(11-9-23)16-12-20-22-17(21-16)19-7-6-14-2-4-15(18)5-3-14/h2-5,12H,6-11H2,1H3,(H,19,21,22). The van der Waals surface area contributed by atoms with Crippen LogP contribution in [-0.2, 0) is 11.2 Å². The van der Waals surface area contributed by atoms with Gasteiger partial charge in [-0.05, 0) is 24.1 Å². The van der Waals surface area contributed by atoms with Crippen molar-refractivity contribution in [3.8, 4) is 0 Å². The molecule has 0 atom stereocenters. The summed E-state index contributed by atoms with van der Waals surface area (Å²) in [6.45, 7) is 5.23. The van der Waals surface area contributed by atoms with E-state index in [2.05, 4.69) is 25.4 Å². The smallest absolute Gasteiger partial charge is 0.244 e. The summed E-state index contributed by atoms with van der Waals surface area (Å²) in [4.78, 5) is 19.9. The number of nitrogens with zero attached hydrogens (tertiary/aromatic N) is 5. The molecule has 1 aliphatic heterocycles. The molecule has 2 aromatic rings. The quantitative estimate of drug-likeness (QED) is 0.877. The van der Waals surface area contributed by atoms with Crippen molar-refractivity contribution in [1.29, 1.82) is 0 Å². The Hall–Kier alpha value is -2.41. The molecule has 1 aliphatic rings. The third-order valence-corrected chi connectivity index (χ3v) is 4.46. The zero-order chi connectivity index (χ0) is 17.6. The molecule has 1 aromatic carbocycles. The average Bonchev–Trinajstić information content (AvgIpc) is 2.64. The van der Waals surface area contributed by atoms with Crippen LogP contribution in [0.5, 0.6) is 0 Å². The largest absolute Gasteiger partial charge is 0.353 e. The zero-order valence-electron chi connectivity index (χ0n) is 14.2. The van der Waals surface area contributed by atoms with Crippen LogP contribution in [0.25, 0.3) is 0 Å². The number of benzene rings is 1. The van der Waals surface area contributed by atoms with Crippen molar-refractivity contribution in [2.24, 2.45) is 0 Å². The first-order chi connectivity index (χ1) is 12.1. The number of carbonyl (C=O) groups excluding carboxylic acids is 1. The van der Waals surface area contributed by atoms with Crippen molar-refractivity contribution in [2.75, 3.05) is 42.9 Å². The van der Waals surface area contributed by atoms with E-state index in [0.29, 0.717) is 25.6 Å². The molecule has 0 spiro atoms. The Morgan fingerprint density at radius 3 is 2.60 bits per heavy atom. The minimum absolute atomic E-state index is 0.116. The Morgan fingerprint density at radius 2 is 1.92 bits per heavy atom. The topological polar surface area (TPSA) is 74.2 Å². The van der Waals surface area contributed by atoms with Gasteiger partial charge >= 0.3 is 0 Å². The van der Waals surface area contributed by atoms with E-state index >= 15 is 0 Å². The highest BCUT2D eigenvalue weighted by molar-refractivity contribution is 6.30. The maximum atomic E-state index is 11.4. The lowest BCUT2D eigenvalue weighted by molar-refractivity contribution is -0.129. The first-order valence-electron chi connectivity index (χ1n) is 8.30. The van der Waals surface area contributed by atoms with Crippen molar-refractivity contribution in [1.82, 2.24) is 20.1 Å². The van der Waals surface area contributed by atoms with Gasteiger partial charge in [0.2, 0.25) is 11.9 Å². The van der Waals surface area contributed by atoms with E-state index in [-0.39, 0.29) is 5.91 Å². The van der Waals surface area contributed by atoms with Gasteiger partial charge in [-0.2, -0.15) is 10.1 Å². The van der Waals surface area contributed by atoms with Crippen LogP contribution in [0.3, 0.4) is 0 Å². The average molecular weight is 361 g/mol. The highest BCUT2D eigenvalue weighted by Gasteiger charge is 2.20. The minimum atomic E-state index is 0.116. The predicted molar refractivity (Wildman–Crippen MR) is 97.9 cm³/mol. The highest BCUT2D eigenvalue weighted by Crippen LogP contribution is 2.14. The van der Waals surface area contributed by atoms with Crippen LogP contribution in [-0.4, -0.2) is 58.7 Å². The van der Waals surface area contributed by atoms with Crippen molar-refractivity contribution in [3.05, 3.63) is 41.0 Å². The van der Waals surface area contributed by atoms with Crippen molar-refractivity contribution >= 4 is 29.3 Å². The molecule has 0 bridgehead atoms. The van der Waals surface area contributed by atoms with Crippen molar-refractivity contribution in [3.63, 3.8) is 0 Å². The molecular formula is C17H21ClN6O. The molecule has 0 unspecified atom stereocenters. The Kier molecular flexibility index (Phi) is 5.65. The molecule has 1 aromatic heterocycles. The van der Waals surface area contributed by atoms with Gasteiger partial charge in [-0.1, -0.05) is 23.7 Å². The summed E-state index contributed by atoms with van der Waals surface area (Å²) in [5.74, 6) is 1.41. The maximum absolute atomic E-state index is 11.4. The van der Waals surface area contributed by atoms with Gasteiger partial charge in [-0.15, -0.1) is 5.10 Å². The van der Waals surface area contributed by atoms with Crippen LogP contribution in [0.4, 0.5) is 11.8 Å². The van der Waals surface area contributed by atoms with Crippen LogP contribution in [0.2, 0.25) is 5.02 Å². The lowest BCUT2D eigenvalue weighted by atomic mass is 10.1. The third kappa shape index (κ3) is 4.79. The molecule has 132 valence electrons. The molecular weight excluding hydrogens is 340 g/mol. The first-order valence-corrected chi connectivity index (χ1v) is 8.68. The Balaban J connectivity index is 1.53. The monoisotopic (exact) mass is 360 g/mol. The van der Waals surface area contributed by atoms with Crippen molar-refractivity contribution < 1.29 is 4.79 Å². The molecule has 1 N–H and O–H groups in total. The molecule has 1 fully saturated rings. The number of amides is 1. The summed E-state index contributed by atoms with van der Waals surface area (Å²) >= 11 is 5.89. The maximum Gasteiger partial charge on any atom is 0.244 e. The lowest BCUT2D eigenvalue weighted by Crippen LogP contribution is -2.48. The Labute approximate surface area is 152 Å². The minimum Gasteiger partial charge on any atom is -0.353 e. The number of piperazine rings is 1. The molecule has 2 heterocycles. The van der Waals surface area contributed by atoms with Gasteiger partial charge in [0.1, 0.15) is 0 Å². The van der Waals surface area contributed by atoms with Gasteiger partial charge in [0.25, 0.3) is 0 Å². The molecule has 1 saturated heterocycles. The summed E-state index contributed by atoms with van der Waals surface area (Å²) in [5, 5.41) is 12.0. The second-order valence-corrected chi connectivity index (χ2v) is 6.37. The van der Waals surface area contributed by atoms with Crippen LogP contribution in [0, 0.1) is 0 Å². The van der Waals surface area contributed by atoms with Gasteiger partial charge in [0, 0.05) is 44.7 Å². The first kappa shape index (κ1) is 17.4. The van der Waals surface area contributed by atoms with E-state index in [4.69, 9.17) is 11.6 Å². The molecule has 1 amide bonds. The van der Waals surface area contributed by atoms with Crippen LogP contribution >= 0.6 is 11.6 Å². The fourth-order valence-corrected chi connectivity index (χ4v) is 2.87. The highest BCUT2D eigenvalue weighted by atomic mass is 35.5. The summed E-state index contributed by atoms with van der Waals surface area (Å²) < 4.78 is 0. The fraction of sp³-hybridized carbons (Fsp3) is 0.412. The number of aromatic nitrogens is 3. The van der Waals surface area contributed by atoms with Gasteiger partial charge < -0.3 is 15.1 Å². The number of hydrogen-bond acceptors (Lipinski definition) is 6. The molecule has 7 nitrogen and oxygen atoms in total. The van der Waals surface area contributed by atoms with Gasteiger partial charge in [-0.25, -0.2) is 0 Å². The number of hydrogen-bond donors (Lipinski definition) is 1. The van der Waals surface area contributed by atoms with Gasteiger partial charge in [-0.3, -0.25) is 4.79 Å². The molecule has 25 heavy (non-hydrogen) atoms. The molecule has 0 radical (unpaired) electrons. The summed E-state index contributed by atoms with van der Waals surface area (Å²) in [7, 11) is 0. The normalized spacial score (nSPS) is 14.5. The number of halogens is 1. The van der Waals surface area contributed by atoms with Crippen LogP contribution in [0.15, 0.2) is 30.5 Å². The third-order valence-electron chi connectivity index (χ3n) is 4.21. The van der Waals surface area contributed by atoms with Crippen LogP contribution in [0.1, 0.15) is 12.5 Å². The molecule has 0 saturated carbocycles. The van der Waals surface area contributed by atoms with E-state index < -0.39 is 0 Å². The van der Waals surface area contributed by atoms with Crippen molar-refractivity contribution in [2.45, 2.75) is 13.3 Å². The van der Waals surface area contributed by atoms with E-state index in [1.54, 1.807) is 13.1 Å². The zero-order valence-corrected chi connectivity index (χ0v) is 14.9. The second-order valence-electron chi connectivity index (χ2n) is 5.93. The number of nitrogens with one attached hydrogen (secondary N) is 1. The molecule has 3 rings (SSSR count). The van der Waals surface area contributed by atoms with E-state index in [1.807, 2.05) is 29.2 Å². The summed E-state index contributed by atoms with van der Waals surface area (Å²) in [5.41, 5.74) is 1.20. The number of rotatable bonds is 5. The Morgan fingerprint density at radius 1 is 1.20 bits per heavy atom. The summed E-state index contributed by atoms with van der Waals surface area (Å²) in [6, 6.07) is 7.79. The predicted octanol–water partition coefficient (Wildman–Crippen LogP) is 1.85. The molecule has 0 aliphatic carbocycles. The number of carbonyl (C=O) groups is 1. The van der Waals surface area contributed by atoms with E-state index in [1.165, 1.54) is 5.56 Å². The van der Waals surface area contributed by atoms with Crippen LogP contribution < -0.4 is 10.2 Å². The van der Waals surface area contributed by atoms with E-state index in [0.717, 1.165) is 30.4 Å². The Bertz CT molecular complexity index is 715. The van der Waals surface area contributed by atoms with Gasteiger partial charge in [0.15, 0.2) is 5.82 Å². The van der Waals surface area contributed by atoms with E-state index in [9.17, 15) is 4.79 Å². The fourth-order valence-electron chi connectivity index (χ4n) is 2.74. The summed E-state index contributed by atoms with van der Waals surface area (Å²) in [6.07, 6.45) is 2.51. The number of anilines is 2. The molecule has 8 heteroatoms. The SMILES string of the molecule is CC(=O)N1CCN(c2cnnc(NCCc3ccc(Cl)cc3)n2)CC1.